The molecule has 1 saturated heterocycles. The molecule has 1 heterocycles. The van der Waals surface area contributed by atoms with Crippen LogP contribution in [-0.2, 0) is 23.7 Å². The summed E-state index contributed by atoms with van der Waals surface area (Å²) in [5.74, 6) is 0. The Morgan fingerprint density at radius 1 is 0.938 bits per heavy atom. The van der Waals surface area contributed by atoms with E-state index in [1.165, 1.54) is 0 Å². The molecule has 0 aromatic rings. The summed E-state index contributed by atoms with van der Waals surface area (Å²) in [5.41, 5.74) is -0.568. The van der Waals surface area contributed by atoms with Crippen LogP contribution in [0.3, 0.4) is 0 Å². The molecule has 1 fully saturated rings. The monoisotopic (exact) mass is 254 g/mol. The van der Waals surface area contributed by atoms with E-state index in [4.69, 9.17) is 35.3 Å². The van der Waals surface area contributed by atoms with Gasteiger partial charge in [-0.2, -0.15) is 0 Å². The van der Waals surface area contributed by atoms with Gasteiger partial charge >= 0.3 is 0 Å². The highest BCUT2D eigenvalue weighted by molar-refractivity contribution is 6.20. The fourth-order valence-corrected chi connectivity index (χ4v) is 2.34. The second-order valence-electron chi connectivity index (χ2n) is 3.58. The molecule has 0 aliphatic carbocycles. The molecule has 5 nitrogen and oxygen atoms in total. The molecule has 5 atom stereocenters. The minimum absolute atomic E-state index is 0.256. The van der Waals surface area contributed by atoms with E-state index >= 15 is 0 Å². The lowest BCUT2D eigenvalue weighted by atomic mass is 9.99. The van der Waals surface area contributed by atoms with Crippen molar-refractivity contribution in [3.05, 3.63) is 0 Å². The van der Waals surface area contributed by atoms with Crippen LogP contribution in [-0.4, -0.2) is 65.0 Å². The molecule has 0 saturated carbocycles. The smallest absolute Gasteiger partial charge is 0.160 e. The average Bonchev–Trinajstić information content (AvgIpc) is 2.28. The minimum Gasteiger partial charge on any atom is -0.382 e. The normalized spacial score (nSPS) is 39.9. The molecule has 0 aromatic heterocycles. The van der Waals surface area contributed by atoms with Crippen molar-refractivity contribution in [1.82, 2.24) is 0 Å². The number of ether oxygens (including phenoxy) is 5. The zero-order chi connectivity index (χ0) is 12.1. The van der Waals surface area contributed by atoms with Crippen molar-refractivity contribution in [2.75, 3.05) is 35.0 Å². The Labute approximate surface area is 101 Å². The third kappa shape index (κ3) is 2.85. The first-order chi connectivity index (χ1) is 7.69. The van der Waals surface area contributed by atoms with Gasteiger partial charge in [0.2, 0.25) is 0 Å². The van der Waals surface area contributed by atoms with Crippen LogP contribution in [0.1, 0.15) is 0 Å². The quantitative estimate of drug-likeness (QED) is 0.674. The van der Waals surface area contributed by atoms with Crippen molar-refractivity contribution in [3.8, 4) is 0 Å². The molecule has 96 valence electrons. The standard InChI is InChI=1S/C10H19ClO5/c1-12-5-6-7(13-2)8(14-3)9(15-4)10(11)16-6/h6-10H,5H2,1-4H3/t6-,7+,8+,9-,10+/m1/s1. The third-order valence-electron chi connectivity index (χ3n) is 2.72. The number of hydrogen-bond donors (Lipinski definition) is 0. The van der Waals surface area contributed by atoms with E-state index < -0.39 is 5.56 Å². The van der Waals surface area contributed by atoms with Crippen LogP contribution in [0.4, 0.5) is 0 Å². The molecule has 0 radical (unpaired) electrons. The van der Waals surface area contributed by atoms with Crippen molar-refractivity contribution in [2.24, 2.45) is 0 Å². The Kier molecular flexibility index (Phi) is 5.96. The molecular formula is C10H19ClO5. The first kappa shape index (κ1) is 14.2. The predicted molar refractivity (Wildman–Crippen MR) is 58.8 cm³/mol. The van der Waals surface area contributed by atoms with Crippen molar-refractivity contribution in [2.45, 2.75) is 30.0 Å². The summed E-state index contributed by atoms with van der Waals surface area (Å²) in [7, 11) is 6.37. The Morgan fingerprint density at radius 3 is 1.94 bits per heavy atom. The third-order valence-corrected chi connectivity index (χ3v) is 3.08. The van der Waals surface area contributed by atoms with Crippen molar-refractivity contribution >= 4 is 11.6 Å². The highest BCUT2D eigenvalue weighted by Crippen LogP contribution is 2.28. The Morgan fingerprint density at radius 2 is 1.50 bits per heavy atom. The maximum Gasteiger partial charge on any atom is 0.160 e. The van der Waals surface area contributed by atoms with Crippen LogP contribution in [0.5, 0.6) is 0 Å². The van der Waals surface area contributed by atoms with Crippen LogP contribution in [0, 0.1) is 0 Å². The van der Waals surface area contributed by atoms with Gasteiger partial charge in [0.15, 0.2) is 5.56 Å². The number of rotatable bonds is 5. The molecular weight excluding hydrogens is 236 g/mol. The van der Waals surface area contributed by atoms with Gasteiger partial charge in [-0.05, 0) is 0 Å². The van der Waals surface area contributed by atoms with E-state index in [2.05, 4.69) is 0 Å². The van der Waals surface area contributed by atoms with Gasteiger partial charge in [0.1, 0.15) is 24.4 Å². The molecule has 1 aliphatic rings. The summed E-state index contributed by atoms with van der Waals surface area (Å²) in [6, 6.07) is 0. The average molecular weight is 255 g/mol. The van der Waals surface area contributed by atoms with Gasteiger partial charge < -0.3 is 23.7 Å². The highest BCUT2D eigenvalue weighted by Gasteiger charge is 2.46. The summed E-state index contributed by atoms with van der Waals surface area (Å²) in [4.78, 5) is 0. The van der Waals surface area contributed by atoms with Gasteiger partial charge in [-0.25, -0.2) is 0 Å². The van der Waals surface area contributed by atoms with E-state index in [9.17, 15) is 0 Å². The Bertz CT molecular complexity index is 204. The Balaban J connectivity index is 2.78. The lowest BCUT2D eigenvalue weighted by Gasteiger charge is -2.42. The first-order valence-electron chi connectivity index (χ1n) is 5.06. The molecule has 1 rings (SSSR count). The molecule has 0 amide bonds. The lowest BCUT2D eigenvalue weighted by Crippen LogP contribution is -2.59. The molecule has 0 bridgehead atoms. The molecule has 0 N–H and O–H groups in total. The van der Waals surface area contributed by atoms with E-state index in [0.717, 1.165) is 0 Å². The number of alkyl halides is 1. The maximum atomic E-state index is 6.07. The van der Waals surface area contributed by atoms with Crippen LogP contribution in [0.25, 0.3) is 0 Å². The zero-order valence-electron chi connectivity index (χ0n) is 10.0. The predicted octanol–water partition coefficient (Wildman–Crippen LogP) is 0.641. The highest BCUT2D eigenvalue weighted by atomic mass is 35.5. The summed E-state index contributed by atoms with van der Waals surface area (Å²) >= 11 is 6.07. The van der Waals surface area contributed by atoms with Gasteiger partial charge in [-0.3, -0.25) is 0 Å². The minimum atomic E-state index is -0.568. The van der Waals surface area contributed by atoms with Crippen LogP contribution in [0.15, 0.2) is 0 Å². The number of hydrogen-bond acceptors (Lipinski definition) is 5. The molecule has 0 spiro atoms. The summed E-state index contributed by atoms with van der Waals surface area (Å²) in [5, 5.41) is 0. The zero-order valence-corrected chi connectivity index (χ0v) is 10.8. The molecule has 6 heteroatoms. The summed E-state index contributed by atoms with van der Waals surface area (Å²) in [6.45, 7) is 0.401. The van der Waals surface area contributed by atoms with Crippen molar-refractivity contribution < 1.29 is 23.7 Å². The van der Waals surface area contributed by atoms with Crippen LogP contribution in [0.2, 0.25) is 0 Å². The summed E-state index contributed by atoms with van der Waals surface area (Å²) < 4.78 is 26.6. The maximum absolute atomic E-state index is 6.07. The topological polar surface area (TPSA) is 46.2 Å². The fourth-order valence-electron chi connectivity index (χ4n) is 1.96. The summed E-state index contributed by atoms with van der Waals surface area (Å²) in [6.07, 6.45) is -1.14. The van der Waals surface area contributed by atoms with Gasteiger partial charge in [0.25, 0.3) is 0 Å². The van der Waals surface area contributed by atoms with Gasteiger partial charge in [0.05, 0.1) is 6.61 Å². The van der Waals surface area contributed by atoms with E-state index in [0.29, 0.717) is 6.61 Å². The molecule has 16 heavy (non-hydrogen) atoms. The van der Waals surface area contributed by atoms with Crippen molar-refractivity contribution in [1.29, 1.82) is 0 Å². The van der Waals surface area contributed by atoms with Gasteiger partial charge in [-0.1, -0.05) is 11.6 Å². The van der Waals surface area contributed by atoms with E-state index in [1.807, 2.05) is 0 Å². The second kappa shape index (κ2) is 6.74. The molecule has 1 aliphatic heterocycles. The van der Waals surface area contributed by atoms with E-state index in [1.54, 1.807) is 28.4 Å². The van der Waals surface area contributed by atoms with Gasteiger partial charge in [0, 0.05) is 28.4 Å². The largest absolute Gasteiger partial charge is 0.382 e. The first-order valence-corrected chi connectivity index (χ1v) is 5.50. The lowest BCUT2D eigenvalue weighted by molar-refractivity contribution is -0.230. The van der Waals surface area contributed by atoms with Crippen molar-refractivity contribution in [3.63, 3.8) is 0 Å². The van der Waals surface area contributed by atoms with E-state index in [-0.39, 0.29) is 24.4 Å². The molecule has 0 unspecified atom stereocenters. The number of halogens is 1. The van der Waals surface area contributed by atoms with Crippen LogP contribution < -0.4 is 0 Å². The fraction of sp³-hybridized carbons (Fsp3) is 1.00. The van der Waals surface area contributed by atoms with Crippen LogP contribution >= 0.6 is 11.6 Å². The second-order valence-corrected chi connectivity index (χ2v) is 4.01. The van der Waals surface area contributed by atoms with Gasteiger partial charge in [-0.15, -0.1) is 0 Å². The number of methoxy groups -OCH3 is 4. The SMILES string of the molecule is COC[C@H]1O[C@H](Cl)[C@H](OC)[C@@H](OC)[C@H]1OC. The Hall–Kier alpha value is 0.0900. The molecule has 0 aromatic carbocycles.